The minimum absolute atomic E-state index is 0.135. The van der Waals surface area contributed by atoms with Crippen molar-refractivity contribution in [3.63, 3.8) is 0 Å². The van der Waals surface area contributed by atoms with Crippen molar-refractivity contribution in [2.24, 2.45) is 0 Å². The van der Waals surface area contributed by atoms with Gasteiger partial charge in [0.15, 0.2) is 0 Å². The third-order valence-electron chi connectivity index (χ3n) is 5.81. The van der Waals surface area contributed by atoms with Gasteiger partial charge in [-0.05, 0) is 53.5 Å². The molecule has 0 saturated heterocycles. The van der Waals surface area contributed by atoms with Gasteiger partial charge < -0.3 is 10.1 Å². The Morgan fingerprint density at radius 3 is 2.51 bits per heavy atom. The summed E-state index contributed by atoms with van der Waals surface area (Å²) in [6.45, 7) is 0. The Hall–Kier alpha value is -4.10. The molecule has 5 rings (SSSR count). The normalized spacial score (nSPS) is 14.5. The molecule has 0 bridgehead atoms. The highest BCUT2D eigenvalue weighted by Crippen LogP contribution is 2.34. The number of aryl methyl sites for hydroxylation is 1. The smallest absolute Gasteiger partial charge is 0.250 e. The minimum atomic E-state index is -0.231. The van der Waals surface area contributed by atoms with E-state index >= 15 is 0 Å². The molecule has 35 heavy (non-hydrogen) atoms. The zero-order chi connectivity index (χ0) is 24.2. The fourth-order valence-corrected chi connectivity index (χ4v) is 4.10. The van der Waals surface area contributed by atoms with Crippen molar-refractivity contribution >= 4 is 35.1 Å². The van der Waals surface area contributed by atoms with Crippen LogP contribution in [-0.4, -0.2) is 27.8 Å². The highest BCUT2D eigenvalue weighted by molar-refractivity contribution is 6.30. The monoisotopic (exact) mass is 485 g/mol. The molecule has 2 N–H and O–H groups in total. The maximum atomic E-state index is 12.6. The van der Waals surface area contributed by atoms with Crippen LogP contribution in [0.3, 0.4) is 0 Å². The van der Waals surface area contributed by atoms with Crippen LogP contribution in [0.4, 0.5) is 11.9 Å². The number of fused-ring (bicyclic) bond motifs is 1. The Labute approximate surface area is 208 Å². The van der Waals surface area contributed by atoms with Crippen LogP contribution >= 0.6 is 11.6 Å². The Morgan fingerprint density at radius 2 is 1.80 bits per heavy atom. The number of nitrogens with zero attached hydrogens (tertiary/aromatic N) is 3. The largest absolute Gasteiger partial charge is 0.497 e. The highest BCUT2D eigenvalue weighted by Gasteiger charge is 2.26. The van der Waals surface area contributed by atoms with Gasteiger partial charge in [0.25, 0.3) is 5.95 Å². The van der Waals surface area contributed by atoms with Crippen molar-refractivity contribution in [2.75, 3.05) is 17.7 Å². The molecule has 1 aliphatic heterocycles. The number of rotatable bonds is 7. The summed E-state index contributed by atoms with van der Waals surface area (Å²) in [7, 11) is 1.64. The van der Waals surface area contributed by atoms with E-state index in [4.69, 9.17) is 16.3 Å². The number of amides is 1. The van der Waals surface area contributed by atoms with Crippen molar-refractivity contribution in [1.29, 1.82) is 0 Å². The molecule has 0 saturated carbocycles. The van der Waals surface area contributed by atoms with Crippen LogP contribution in [0, 0.1) is 0 Å². The Bertz CT molecular complexity index is 1350. The summed E-state index contributed by atoms with van der Waals surface area (Å²) in [4.78, 5) is 17.1. The van der Waals surface area contributed by atoms with Crippen molar-refractivity contribution in [3.05, 3.63) is 107 Å². The third kappa shape index (κ3) is 5.20. The van der Waals surface area contributed by atoms with Gasteiger partial charge in [-0.2, -0.15) is 4.98 Å². The molecule has 1 aliphatic rings. The maximum Gasteiger partial charge on any atom is 0.250 e. The molecule has 8 heteroatoms. The number of carbonyl (C=O) groups is 1. The molecular weight excluding hydrogens is 462 g/mol. The summed E-state index contributed by atoms with van der Waals surface area (Å²) in [5.74, 6) is 1.44. The van der Waals surface area contributed by atoms with E-state index in [9.17, 15) is 4.79 Å². The van der Waals surface area contributed by atoms with Crippen LogP contribution in [0.25, 0.3) is 5.70 Å². The molecule has 1 unspecified atom stereocenters. The van der Waals surface area contributed by atoms with Crippen LogP contribution in [0.2, 0.25) is 5.02 Å². The molecule has 4 aromatic rings. The fourth-order valence-electron chi connectivity index (χ4n) is 3.97. The number of benzene rings is 3. The van der Waals surface area contributed by atoms with Crippen molar-refractivity contribution in [1.82, 2.24) is 14.8 Å². The number of aromatic nitrogens is 3. The standard InChI is InChI=1S/C27H24ClN5O2/c1-35-22-14-10-20(11-15-22)24-17-23(19-8-12-21(28)13-9-19)29-27-31-26(32-33(24)27)30-25(34)16-7-18-5-3-2-4-6-18/h2-6,8-15,17,24H,7,16H2,1H3,(H2,29,30,31,32,34). The number of nitrogens with one attached hydrogen (secondary N) is 2. The number of carbonyl (C=O) groups excluding carboxylic acids is 1. The second-order valence-electron chi connectivity index (χ2n) is 8.17. The van der Waals surface area contributed by atoms with Gasteiger partial charge in [-0.3, -0.25) is 10.1 Å². The molecule has 0 radical (unpaired) electrons. The third-order valence-corrected chi connectivity index (χ3v) is 6.07. The van der Waals surface area contributed by atoms with Crippen LogP contribution in [-0.2, 0) is 11.2 Å². The number of hydrogen-bond donors (Lipinski definition) is 2. The molecule has 3 aromatic carbocycles. The molecule has 0 aliphatic carbocycles. The summed E-state index contributed by atoms with van der Waals surface area (Å²) < 4.78 is 7.08. The van der Waals surface area contributed by atoms with Gasteiger partial charge in [0, 0.05) is 17.1 Å². The van der Waals surface area contributed by atoms with Crippen molar-refractivity contribution in [2.45, 2.75) is 18.9 Å². The quantitative estimate of drug-likeness (QED) is 0.358. The molecule has 0 spiro atoms. The predicted octanol–water partition coefficient (Wildman–Crippen LogP) is 5.57. The van der Waals surface area contributed by atoms with Gasteiger partial charge >= 0.3 is 0 Å². The maximum absolute atomic E-state index is 12.6. The van der Waals surface area contributed by atoms with Gasteiger partial charge in [-0.1, -0.05) is 66.2 Å². The van der Waals surface area contributed by atoms with E-state index in [1.165, 1.54) is 0 Å². The summed E-state index contributed by atoms with van der Waals surface area (Å²) in [5.41, 5.74) is 3.96. The number of allylic oxidation sites excluding steroid dienone is 1. The average molecular weight is 486 g/mol. The van der Waals surface area contributed by atoms with E-state index in [2.05, 4.69) is 26.8 Å². The first kappa shape index (κ1) is 22.7. The first-order valence-corrected chi connectivity index (χ1v) is 11.7. The number of methoxy groups -OCH3 is 1. The topological polar surface area (TPSA) is 81.1 Å². The van der Waals surface area contributed by atoms with Gasteiger partial charge in [0.1, 0.15) is 11.8 Å². The number of ether oxygens (including phenoxy) is 1. The van der Waals surface area contributed by atoms with E-state index in [0.717, 1.165) is 28.1 Å². The lowest BCUT2D eigenvalue weighted by atomic mass is 10.0. The van der Waals surface area contributed by atoms with Crippen LogP contribution < -0.4 is 15.4 Å². The zero-order valence-electron chi connectivity index (χ0n) is 19.1. The molecule has 176 valence electrons. The average Bonchev–Trinajstić information content (AvgIpc) is 3.30. The molecule has 1 amide bonds. The Balaban J connectivity index is 1.40. The molecule has 1 atom stereocenters. The van der Waals surface area contributed by atoms with E-state index in [1.807, 2.05) is 78.9 Å². The second kappa shape index (κ2) is 10.0. The van der Waals surface area contributed by atoms with Gasteiger partial charge in [-0.25, -0.2) is 4.68 Å². The molecular formula is C27H24ClN5O2. The van der Waals surface area contributed by atoms with E-state index in [1.54, 1.807) is 11.8 Å². The van der Waals surface area contributed by atoms with Crippen molar-refractivity contribution in [3.8, 4) is 5.75 Å². The Morgan fingerprint density at radius 1 is 1.06 bits per heavy atom. The number of halogens is 1. The van der Waals surface area contributed by atoms with Gasteiger partial charge in [0.05, 0.1) is 7.11 Å². The van der Waals surface area contributed by atoms with Crippen LogP contribution in [0.15, 0.2) is 84.9 Å². The lowest BCUT2D eigenvalue weighted by molar-refractivity contribution is -0.116. The molecule has 0 fully saturated rings. The van der Waals surface area contributed by atoms with Crippen LogP contribution in [0.5, 0.6) is 5.75 Å². The lowest BCUT2D eigenvalue weighted by Crippen LogP contribution is -2.20. The van der Waals surface area contributed by atoms with Crippen molar-refractivity contribution < 1.29 is 9.53 Å². The van der Waals surface area contributed by atoms with E-state index < -0.39 is 0 Å². The number of hydrogen-bond acceptors (Lipinski definition) is 5. The summed E-state index contributed by atoms with van der Waals surface area (Å²) in [6.07, 6.45) is 3.07. The van der Waals surface area contributed by atoms with Crippen LogP contribution in [0.1, 0.15) is 29.2 Å². The fraction of sp³-hybridized carbons (Fsp3) is 0.148. The lowest BCUT2D eigenvalue weighted by Gasteiger charge is -2.24. The van der Waals surface area contributed by atoms with E-state index in [0.29, 0.717) is 23.8 Å². The zero-order valence-corrected chi connectivity index (χ0v) is 19.9. The summed E-state index contributed by atoms with van der Waals surface area (Å²) in [5, 5.41) is 11.4. The van der Waals surface area contributed by atoms with E-state index in [-0.39, 0.29) is 17.9 Å². The minimum Gasteiger partial charge on any atom is -0.497 e. The molecule has 2 heterocycles. The molecule has 1 aromatic heterocycles. The first-order valence-electron chi connectivity index (χ1n) is 11.3. The summed E-state index contributed by atoms with van der Waals surface area (Å²) >= 11 is 6.08. The predicted molar refractivity (Wildman–Crippen MR) is 138 cm³/mol. The molecule has 7 nitrogen and oxygen atoms in total. The highest BCUT2D eigenvalue weighted by atomic mass is 35.5. The van der Waals surface area contributed by atoms with Gasteiger partial charge in [0.2, 0.25) is 11.9 Å². The first-order chi connectivity index (χ1) is 17.1. The SMILES string of the molecule is COc1ccc(C2C=C(c3ccc(Cl)cc3)Nc3nc(NC(=O)CCc4ccccc4)nn32)cc1. The second-order valence-corrected chi connectivity index (χ2v) is 8.60. The number of anilines is 2. The van der Waals surface area contributed by atoms with Gasteiger partial charge in [-0.15, -0.1) is 5.10 Å². The Kier molecular flexibility index (Phi) is 6.50. The summed E-state index contributed by atoms with van der Waals surface area (Å²) in [6, 6.07) is 25.1.